The minimum Gasteiger partial charge on any atom is -0.495 e. The van der Waals surface area contributed by atoms with E-state index < -0.39 is 40.4 Å². The highest BCUT2D eigenvalue weighted by atomic mass is 32.2. The van der Waals surface area contributed by atoms with E-state index in [2.05, 4.69) is 5.32 Å². The van der Waals surface area contributed by atoms with E-state index in [4.69, 9.17) is 9.47 Å². The Kier molecular flexibility index (Phi) is 7.29. The van der Waals surface area contributed by atoms with Gasteiger partial charge in [0.1, 0.15) is 18.1 Å². The Bertz CT molecular complexity index is 978. The van der Waals surface area contributed by atoms with Crippen molar-refractivity contribution in [3.05, 3.63) is 54.3 Å². The number of nitrogens with zero attached hydrogens (tertiary/aromatic N) is 1. The van der Waals surface area contributed by atoms with E-state index >= 15 is 0 Å². The average molecular weight is 424 g/mol. The second kappa shape index (κ2) is 9.48. The predicted octanol–water partition coefficient (Wildman–Crippen LogP) is 2.03. The summed E-state index contributed by atoms with van der Waals surface area (Å²) in [4.78, 5) is 24.2. The van der Waals surface area contributed by atoms with Crippen molar-refractivity contribution in [2.24, 2.45) is 0 Å². The number of hydrogen-bond acceptors (Lipinski definition) is 6. The number of nitrogens with one attached hydrogen (secondary N) is 1. The predicted molar refractivity (Wildman–Crippen MR) is 103 cm³/mol. The minimum absolute atomic E-state index is 0.170. The van der Waals surface area contributed by atoms with Crippen molar-refractivity contribution in [2.45, 2.75) is 17.9 Å². The van der Waals surface area contributed by atoms with Gasteiger partial charge in [0.2, 0.25) is 10.0 Å². The van der Waals surface area contributed by atoms with Crippen LogP contribution in [0.25, 0.3) is 0 Å². The molecule has 1 N–H and O–H groups in total. The number of anilines is 1. The molecule has 1 unspecified atom stereocenters. The molecule has 2 rings (SSSR count). The van der Waals surface area contributed by atoms with E-state index in [-0.39, 0.29) is 4.90 Å². The van der Waals surface area contributed by atoms with Crippen molar-refractivity contribution in [1.82, 2.24) is 4.31 Å². The maximum Gasteiger partial charge on any atom is 0.322 e. The molecule has 8 nitrogen and oxygen atoms in total. The first kappa shape index (κ1) is 22.3. The van der Waals surface area contributed by atoms with E-state index in [0.29, 0.717) is 11.4 Å². The van der Waals surface area contributed by atoms with Gasteiger partial charge in [0.15, 0.2) is 6.10 Å². The van der Waals surface area contributed by atoms with Gasteiger partial charge in [-0.25, -0.2) is 12.8 Å². The molecule has 1 amide bonds. The molecule has 2 aromatic rings. The third-order valence-electron chi connectivity index (χ3n) is 3.92. The molecule has 0 aliphatic carbocycles. The molecule has 29 heavy (non-hydrogen) atoms. The van der Waals surface area contributed by atoms with Gasteiger partial charge in [-0.1, -0.05) is 12.1 Å². The number of benzene rings is 2. The molecule has 2 aromatic carbocycles. The van der Waals surface area contributed by atoms with Crippen LogP contribution in [0.1, 0.15) is 6.92 Å². The van der Waals surface area contributed by atoms with Crippen LogP contribution >= 0.6 is 0 Å². The average Bonchev–Trinajstić information content (AvgIpc) is 2.68. The normalized spacial score (nSPS) is 12.3. The fourth-order valence-electron chi connectivity index (χ4n) is 2.32. The molecule has 0 spiro atoms. The Labute approximate surface area is 168 Å². The number of methoxy groups -OCH3 is 1. The second-order valence-corrected chi connectivity index (χ2v) is 8.08. The zero-order valence-electron chi connectivity index (χ0n) is 16.1. The lowest BCUT2D eigenvalue weighted by atomic mass is 10.2. The summed E-state index contributed by atoms with van der Waals surface area (Å²) < 4.78 is 48.7. The van der Waals surface area contributed by atoms with Crippen LogP contribution in [0.2, 0.25) is 0 Å². The fourth-order valence-corrected chi connectivity index (χ4v) is 3.44. The van der Waals surface area contributed by atoms with E-state index in [0.717, 1.165) is 28.6 Å². The number of carbonyl (C=O) groups is 2. The van der Waals surface area contributed by atoms with Gasteiger partial charge in [-0.3, -0.25) is 9.59 Å². The maximum absolute atomic E-state index is 13.0. The van der Waals surface area contributed by atoms with Crippen LogP contribution in [0.15, 0.2) is 53.4 Å². The van der Waals surface area contributed by atoms with E-state index in [1.165, 1.54) is 21.1 Å². The molecular weight excluding hydrogens is 403 g/mol. The van der Waals surface area contributed by atoms with Crippen molar-refractivity contribution >= 4 is 27.6 Å². The summed E-state index contributed by atoms with van der Waals surface area (Å²) in [6.07, 6.45) is -1.17. The summed E-state index contributed by atoms with van der Waals surface area (Å²) in [6, 6.07) is 10.9. The highest BCUT2D eigenvalue weighted by Gasteiger charge is 2.26. The summed E-state index contributed by atoms with van der Waals surface area (Å²) in [6.45, 7) is 0.739. The molecule has 0 aliphatic rings. The number of halogens is 1. The molecule has 1 atom stereocenters. The zero-order valence-corrected chi connectivity index (χ0v) is 16.9. The largest absolute Gasteiger partial charge is 0.495 e. The third kappa shape index (κ3) is 5.75. The molecule has 0 saturated heterocycles. The first-order valence-corrected chi connectivity index (χ1v) is 9.94. The van der Waals surface area contributed by atoms with Crippen LogP contribution in [-0.4, -0.2) is 51.4 Å². The highest BCUT2D eigenvalue weighted by Crippen LogP contribution is 2.23. The molecule has 0 aliphatic heterocycles. The van der Waals surface area contributed by atoms with Gasteiger partial charge in [0.25, 0.3) is 5.91 Å². The van der Waals surface area contributed by atoms with Crippen molar-refractivity contribution in [3.8, 4) is 5.75 Å². The van der Waals surface area contributed by atoms with Gasteiger partial charge in [0.05, 0.1) is 17.7 Å². The van der Waals surface area contributed by atoms with Crippen LogP contribution in [0, 0.1) is 5.82 Å². The lowest BCUT2D eigenvalue weighted by Crippen LogP contribution is -2.37. The first-order chi connectivity index (χ1) is 13.6. The molecule has 0 aromatic heterocycles. The number of ether oxygens (including phenoxy) is 2. The number of sulfonamides is 1. The molecular formula is C19H21FN2O6S. The van der Waals surface area contributed by atoms with Crippen LogP contribution in [-0.2, 0) is 24.3 Å². The lowest BCUT2D eigenvalue weighted by Gasteiger charge is -2.19. The monoisotopic (exact) mass is 424 g/mol. The minimum atomic E-state index is -4.02. The maximum atomic E-state index is 13.0. The summed E-state index contributed by atoms with van der Waals surface area (Å²) in [7, 11) is -1.39. The molecule has 0 saturated carbocycles. The van der Waals surface area contributed by atoms with Crippen LogP contribution in [0.4, 0.5) is 10.1 Å². The molecule has 0 heterocycles. The molecule has 0 fully saturated rings. The number of rotatable bonds is 8. The number of hydrogen-bond donors (Lipinski definition) is 1. The smallest absolute Gasteiger partial charge is 0.322 e. The summed E-state index contributed by atoms with van der Waals surface area (Å²) in [5.74, 6) is -1.67. The lowest BCUT2D eigenvalue weighted by molar-refractivity contribution is -0.153. The summed E-state index contributed by atoms with van der Waals surface area (Å²) >= 11 is 0. The van der Waals surface area contributed by atoms with Crippen molar-refractivity contribution in [1.29, 1.82) is 0 Å². The molecule has 0 radical (unpaired) electrons. The molecule has 0 bridgehead atoms. The highest BCUT2D eigenvalue weighted by molar-refractivity contribution is 7.89. The Hall–Kier alpha value is -2.98. The van der Waals surface area contributed by atoms with Crippen molar-refractivity contribution in [3.63, 3.8) is 0 Å². The van der Waals surface area contributed by atoms with Crippen LogP contribution in [0.5, 0.6) is 5.75 Å². The van der Waals surface area contributed by atoms with Gasteiger partial charge in [-0.2, -0.15) is 4.31 Å². The molecule has 10 heteroatoms. The van der Waals surface area contributed by atoms with Crippen LogP contribution < -0.4 is 10.1 Å². The number of para-hydroxylation sites is 2. The van der Waals surface area contributed by atoms with Gasteiger partial charge < -0.3 is 14.8 Å². The number of likely N-dealkylation sites (N-methyl/N-ethyl adjacent to an activating group) is 1. The zero-order chi connectivity index (χ0) is 21.6. The van der Waals surface area contributed by atoms with Crippen molar-refractivity contribution < 1.29 is 31.9 Å². The molecule has 156 valence electrons. The second-order valence-electron chi connectivity index (χ2n) is 6.04. The fraction of sp³-hybridized carbons (Fsp3) is 0.263. The SMILES string of the molecule is COc1ccccc1NC(=O)C(C)OC(=O)CN(C)S(=O)(=O)c1ccc(F)cc1. The van der Waals surface area contributed by atoms with Gasteiger partial charge in [-0.05, 0) is 43.3 Å². The van der Waals surface area contributed by atoms with E-state index in [9.17, 15) is 22.4 Å². The Morgan fingerprint density at radius 3 is 2.38 bits per heavy atom. The quantitative estimate of drug-likeness (QED) is 0.651. The standard InChI is InChI=1S/C19H21FN2O6S/c1-13(19(24)21-16-6-4-5-7-17(16)27-3)28-18(23)12-22(2)29(25,26)15-10-8-14(20)9-11-15/h4-11,13H,12H2,1-3H3,(H,21,24). The first-order valence-electron chi connectivity index (χ1n) is 8.50. The number of amides is 1. The van der Waals surface area contributed by atoms with Gasteiger partial charge in [-0.15, -0.1) is 0 Å². The summed E-state index contributed by atoms with van der Waals surface area (Å²) in [5, 5.41) is 2.57. The number of esters is 1. The third-order valence-corrected chi connectivity index (χ3v) is 5.73. The Morgan fingerprint density at radius 2 is 1.76 bits per heavy atom. The summed E-state index contributed by atoms with van der Waals surface area (Å²) in [5.41, 5.74) is 0.402. The topological polar surface area (TPSA) is 102 Å². The van der Waals surface area contributed by atoms with Crippen LogP contribution in [0.3, 0.4) is 0 Å². The Morgan fingerprint density at radius 1 is 1.14 bits per heavy atom. The van der Waals surface area contributed by atoms with E-state index in [1.807, 2.05) is 0 Å². The van der Waals surface area contributed by atoms with Crippen molar-refractivity contribution in [2.75, 3.05) is 26.0 Å². The number of carbonyl (C=O) groups excluding carboxylic acids is 2. The Balaban J connectivity index is 1.96. The van der Waals surface area contributed by atoms with Gasteiger partial charge >= 0.3 is 5.97 Å². The van der Waals surface area contributed by atoms with E-state index in [1.54, 1.807) is 24.3 Å². The van der Waals surface area contributed by atoms with Gasteiger partial charge in [0, 0.05) is 7.05 Å².